The Balaban J connectivity index is 0.00000280. The zero-order chi connectivity index (χ0) is 19.6. The number of carbonyl (C=O) groups excluding carboxylic acids is 1. The van der Waals surface area contributed by atoms with Gasteiger partial charge in [-0.3, -0.25) is 4.79 Å². The van der Waals surface area contributed by atoms with Crippen LogP contribution in [-0.2, 0) is 6.54 Å². The maximum absolute atomic E-state index is 12.6. The lowest BCUT2D eigenvalue weighted by Gasteiger charge is -2.16. The lowest BCUT2D eigenvalue weighted by atomic mass is 9.92. The summed E-state index contributed by atoms with van der Waals surface area (Å²) >= 11 is 3.41. The number of aromatic nitrogens is 2. The number of para-hydroxylation sites is 1. The number of benzene rings is 2. The first-order chi connectivity index (χ1) is 12.9. The van der Waals surface area contributed by atoms with Crippen molar-refractivity contribution in [1.29, 1.82) is 0 Å². The average Bonchev–Trinajstić information content (AvgIpc) is 3.09. The fourth-order valence-corrected chi connectivity index (χ4v) is 3.59. The van der Waals surface area contributed by atoms with Crippen molar-refractivity contribution in [3.63, 3.8) is 0 Å². The average molecular weight is 506 g/mol. The second-order valence-corrected chi connectivity index (χ2v) is 8.43. The molecule has 0 amide bonds. The third-order valence-electron chi connectivity index (χ3n) is 4.78. The second kappa shape index (κ2) is 9.66. The molecule has 28 heavy (non-hydrogen) atoms. The van der Waals surface area contributed by atoms with Gasteiger partial charge in [0.05, 0.1) is 0 Å². The lowest BCUT2D eigenvalue weighted by molar-refractivity contribution is -0.682. The van der Waals surface area contributed by atoms with Gasteiger partial charge in [0.25, 0.3) is 0 Å². The van der Waals surface area contributed by atoms with Crippen LogP contribution in [-0.4, -0.2) is 10.4 Å². The van der Waals surface area contributed by atoms with Crippen LogP contribution in [0.25, 0.3) is 5.69 Å². The molecule has 0 fully saturated rings. The summed E-state index contributed by atoms with van der Waals surface area (Å²) in [4.78, 5) is 12.6. The number of carbonyl (C=O) groups is 1. The van der Waals surface area contributed by atoms with E-state index in [1.165, 1.54) is 16.8 Å². The minimum atomic E-state index is 0. The molecule has 0 atom stereocenters. The van der Waals surface area contributed by atoms with Gasteiger partial charge < -0.3 is 17.0 Å². The van der Waals surface area contributed by atoms with Gasteiger partial charge >= 0.3 is 0 Å². The van der Waals surface area contributed by atoms with E-state index in [0.717, 1.165) is 10.0 Å². The van der Waals surface area contributed by atoms with Crippen LogP contribution in [0.15, 0.2) is 65.7 Å². The maximum atomic E-state index is 12.6. The van der Waals surface area contributed by atoms with Crippen molar-refractivity contribution in [1.82, 2.24) is 4.57 Å². The van der Waals surface area contributed by atoms with E-state index in [-0.39, 0.29) is 22.8 Å². The van der Waals surface area contributed by atoms with E-state index in [0.29, 0.717) is 18.4 Å². The zero-order valence-corrected chi connectivity index (χ0v) is 19.9. The molecule has 0 aliphatic heterocycles. The number of Topliss-reactive ketones (excluding diaryl/α,β-unsaturated/α-hetero) is 1. The van der Waals surface area contributed by atoms with Gasteiger partial charge in [0.15, 0.2) is 6.54 Å². The fourth-order valence-electron chi connectivity index (χ4n) is 3.32. The van der Waals surface area contributed by atoms with Crippen molar-refractivity contribution in [2.45, 2.75) is 46.1 Å². The van der Waals surface area contributed by atoms with Crippen molar-refractivity contribution < 1.29 is 26.3 Å². The largest absolute Gasteiger partial charge is 1.00 e. The summed E-state index contributed by atoms with van der Waals surface area (Å²) in [5.41, 5.74) is 4.60. The minimum Gasteiger partial charge on any atom is -1.00 e. The first-order valence-electron chi connectivity index (χ1n) is 9.35. The first-order valence-corrected chi connectivity index (χ1v) is 10.1. The van der Waals surface area contributed by atoms with Gasteiger partial charge in [-0.1, -0.05) is 74.0 Å². The highest BCUT2D eigenvalue weighted by molar-refractivity contribution is 9.10. The van der Waals surface area contributed by atoms with E-state index < -0.39 is 0 Å². The molecule has 5 heteroatoms. The summed E-state index contributed by atoms with van der Waals surface area (Å²) in [5, 5.41) is 0. The number of imidazole rings is 1. The first kappa shape index (κ1) is 22.6. The number of nitrogens with zero attached hydrogens (tertiary/aromatic N) is 2. The SMILES string of the molecule is CC(C)c1cccc(C(C)C)c1-n1cc[n+](CC(=O)c2ccc(Br)cc2)c1.[Br-]. The van der Waals surface area contributed by atoms with Gasteiger partial charge in [-0.05, 0) is 24.0 Å². The number of halogens is 2. The molecular formula is C23H26Br2N2O. The molecule has 0 aliphatic rings. The van der Waals surface area contributed by atoms with Crippen LogP contribution in [0.3, 0.4) is 0 Å². The van der Waals surface area contributed by atoms with Gasteiger partial charge in [0.1, 0.15) is 18.1 Å². The van der Waals surface area contributed by atoms with E-state index in [4.69, 9.17) is 0 Å². The van der Waals surface area contributed by atoms with Crippen molar-refractivity contribution in [2.24, 2.45) is 0 Å². The van der Waals surface area contributed by atoms with E-state index in [1.54, 1.807) is 0 Å². The van der Waals surface area contributed by atoms with Gasteiger partial charge in [-0.15, -0.1) is 0 Å². The second-order valence-electron chi connectivity index (χ2n) is 7.52. The quantitative estimate of drug-likeness (QED) is 0.373. The molecule has 0 N–H and O–H groups in total. The van der Waals surface area contributed by atoms with Crippen LogP contribution in [0.5, 0.6) is 0 Å². The van der Waals surface area contributed by atoms with Gasteiger partial charge in [-0.2, -0.15) is 0 Å². The van der Waals surface area contributed by atoms with Crippen LogP contribution in [0.4, 0.5) is 0 Å². The van der Waals surface area contributed by atoms with Crippen LogP contribution in [0.2, 0.25) is 0 Å². The van der Waals surface area contributed by atoms with Crippen LogP contribution >= 0.6 is 15.9 Å². The Morgan fingerprint density at radius 1 is 1.00 bits per heavy atom. The Morgan fingerprint density at radius 2 is 1.57 bits per heavy atom. The van der Waals surface area contributed by atoms with Crippen molar-refractivity contribution in [2.75, 3.05) is 0 Å². The zero-order valence-electron chi connectivity index (χ0n) is 16.7. The number of ketones is 1. The fraction of sp³-hybridized carbons (Fsp3) is 0.304. The molecule has 0 saturated heterocycles. The lowest BCUT2D eigenvalue weighted by Crippen LogP contribution is -3.00. The molecule has 2 aromatic carbocycles. The standard InChI is InChI=1S/C23H26BrN2O.BrH/c1-16(2)20-6-5-7-21(17(3)4)23(20)26-13-12-25(15-26)14-22(27)18-8-10-19(24)11-9-18;/h5-13,15-17H,14H2,1-4H3;1H/q+1;/p-1. The monoisotopic (exact) mass is 504 g/mol. The Morgan fingerprint density at radius 3 is 2.11 bits per heavy atom. The Hall–Kier alpha value is -1.72. The van der Waals surface area contributed by atoms with E-state index >= 15 is 0 Å². The summed E-state index contributed by atoms with van der Waals surface area (Å²) in [6.07, 6.45) is 6.03. The highest BCUT2D eigenvalue weighted by atomic mass is 79.9. The predicted octanol–water partition coefficient (Wildman–Crippen LogP) is 2.66. The maximum Gasteiger partial charge on any atom is 0.249 e. The Labute approximate surface area is 186 Å². The van der Waals surface area contributed by atoms with Crippen LogP contribution < -0.4 is 21.5 Å². The molecule has 0 saturated carbocycles. The van der Waals surface area contributed by atoms with Crippen LogP contribution in [0.1, 0.15) is 61.0 Å². The molecule has 0 radical (unpaired) electrons. The number of rotatable bonds is 6. The van der Waals surface area contributed by atoms with E-state index in [9.17, 15) is 4.79 Å². The van der Waals surface area contributed by atoms with Crippen molar-refractivity contribution in [3.05, 3.63) is 82.3 Å². The Bertz CT molecular complexity index is 917. The molecule has 1 aromatic heterocycles. The van der Waals surface area contributed by atoms with E-state index in [1.807, 2.05) is 47.6 Å². The Kier molecular flexibility index (Phi) is 7.79. The summed E-state index contributed by atoms with van der Waals surface area (Å²) in [6.45, 7) is 9.21. The number of hydrogen-bond acceptors (Lipinski definition) is 1. The minimum absolute atomic E-state index is 0. The van der Waals surface area contributed by atoms with Crippen molar-refractivity contribution >= 4 is 21.7 Å². The molecule has 3 aromatic rings. The highest BCUT2D eigenvalue weighted by Crippen LogP contribution is 2.30. The topological polar surface area (TPSA) is 25.9 Å². The van der Waals surface area contributed by atoms with Crippen LogP contribution in [0, 0.1) is 0 Å². The molecule has 3 nitrogen and oxygen atoms in total. The van der Waals surface area contributed by atoms with E-state index in [2.05, 4.69) is 66.4 Å². The smallest absolute Gasteiger partial charge is 0.249 e. The summed E-state index contributed by atoms with van der Waals surface area (Å²) in [6, 6.07) is 14.0. The molecule has 1 heterocycles. The third-order valence-corrected chi connectivity index (χ3v) is 5.31. The predicted molar refractivity (Wildman–Crippen MR) is 113 cm³/mol. The molecule has 148 valence electrons. The summed E-state index contributed by atoms with van der Waals surface area (Å²) < 4.78 is 5.08. The molecule has 0 unspecified atom stereocenters. The van der Waals surface area contributed by atoms with Gasteiger partial charge in [0.2, 0.25) is 12.1 Å². The molecule has 0 spiro atoms. The third kappa shape index (κ3) is 5.00. The highest BCUT2D eigenvalue weighted by Gasteiger charge is 2.20. The summed E-state index contributed by atoms with van der Waals surface area (Å²) in [7, 11) is 0. The molecule has 0 bridgehead atoms. The van der Waals surface area contributed by atoms with Gasteiger partial charge in [0, 0.05) is 21.2 Å². The molecular weight excluding hydrogens is 480 g/mol. The normalized spacial score (nSPS) is 11.0. The van der Waals surface area contributed by atoms with Crippen molar-refractivity contribution in [3.8, 4) is 5.69 Å². The number of hydrogen-bond donors (Lipinski definition) is 0. The summed E-state index contributed by atoms with van der Waals surface area (Å²) in [5.74, 6) is 0.962. The molecule has 0 aliphatic carbocycles. The molecule has 3 rings (SSSR count). The van der Waals surface area contributed by atoms with Gasteiger partial charge in [-0.25, -0.2) is 9.13 Å².